The summed E-state index contributed by atoms with van der Waals surface area (Å²) in [4.78, 5) is 30.1. The van der Waals surface area contributed by atoms with Crippen molar-refractivity contribution in [1.29, 1.82) is 0 Å². The lowest BCUT2D eigenvalue weighted by Crippen LogP contribution is -2.33. The van der Waals surface area contributed by atoms with Crippen molar-refractivity contribution in [2.45, 2.75) is 17.4 Å². The molecule has 2 rings (SSSR count). The van der Waals surface area contributed by atoms with Gasteiger partial charge in [-0.2, -0.15) is 14.0 Å². The van der Waals surface area contributed by atoms with E-state index in [9.17, 15) is 4.79 Å². The van der Waals surface area contributed by atoms with Crippen molar-refractivity contribution in [3.05, 3.63) is 53.4 Å². The summed E-state index contributed by atoms with van der Waals surface area (Å²) in [6.45, 7) is 7.55. The Bertz CT molecular complexity index is 794. The maximum Gasteiger partial charge on any atom is 0.373 e. The zero-order valence-electron chi connectivity index (χ0n) is 14.1. The van der Waals surface area contributed by atoms with Crippen molar-refractivity contribution >= 4 is 54.3 Å². The summed E-state index contributed by atoms with van der Waals surface area (Å²) in [6, 6.07) is 7.11. The number of esters is 1. The predicted molar refractivity (Wildman–Crippen MR) is 104 cm³/mol. The Balaban J connectivity index is 0.00000105. The monoisotopic (exact) mass is 390 g/mol. The molecular weight excluding hydrogens is 372 g/mol. The second-order valence-corrected chi connectivity index (χ2v) is 6.21. The third-order valence-electron chi connectivity index (χ3n) is 3.32. The van der Waals surface area contributed by atoms with Gasteiger partial charge in [0.1, 0.15) is 11.9 Å². The molecule has 0 saturated heterocycles. The molecule has 0 fully saturated rings. The van der Waals surface area contributed by atoms with Crippen LogP contribution in [0.2, 0.25) is 0 Å². The maximum absolute atomic E-state index is 12.1. The fourth-order valence-corrected chi connectivity index (χ4v) is 2.97. The number of hydrogen-bond acceptors (Lipinski definition) is 8. The lowest BCUT2D eigenvalue weighted by Gasteiger charge is -2.17. The number of benzene rings is 1. The molecule has 1 aromatic heterocycles. The van der Waals surface area contributed by atoms with Crippen molar-refractivity contribution in [1.82, 2.24) is 4.37 Å². The van der Waals surface area contributed by atoms with Crippen molar-refractivity contribution in [3.63, 3.8) is 0 Å². The van der Waals surface area contributed by atoms with E-state index >= 15 is 0 Å². The van der Waals surface area contributed by atoms with Gasteiger partial charge in [-0.3, -0.25) is 0 Å². The number of thiol groups is 1. The molecule has 0 spiro atoms. The first kappa shape index (κ1) is 21.4. The highest BCUT2D eigenvalue weighted by Gasteiger charge is 2.22. The van der Waals surface area contributed by atoms with Gasteiger partial charge >= 0.3 is 12.1 Å². The van der Waals surface area contributed by atoms with Gasteiger partial charge < -0.3 is 10.1 Å². The molecule has 0 aliphatic heterocycles. The molecule has 136 valence electrons. The highest BCUT2D eigenvalue weighted by atomic mass is 32.1. The first-order chi connectivity index (χ1) is 12.5. The molecule has 1 heterocycles. The summed E-state index contributed by atoms with van der Waals surface area (Å²) >= 11 is 5.57. The highest BCUT2D eigenvalue weighted by molar-refractivity contribution is 7.80. The molecule has 0 amide bonds. The number of anilines is 1. The average molecular weight is 390 g/mol. The van der Waals surface area contributed by atoms with Crippen LogP contribution < -0.4 is 5.32 Å². The van der Waals surface area contributed by atoms with Crippen molar-refractivity contribution in [3.8, 4) is 0 Å². The van der Waals surface area contributed by atoms with Crippen LogP contribution in [0.25, 0.3) is 12.2 Å². The predicted octanol–water partition coefficient (Wildman–Crippen LogP) is 3.33. The van der Waals surface area contributed by atoms with Crippen molar-refractivity contribution in [2.24, 2.45) is 0 Å². The molecule has 1 atom stereocenters. The second-order valence-electron chi connectivity index (χ2n) is 4.89. The molecule has 0 radical (unpaired) electrons. The molecule has 8 heteroatoms. The number of carbonyl (C=O) groups is 1. The Morgan fingerprint density at radius 2 is 1.96 bits per heavy atom. The summed E-state index contributed by atoms with van der Waals surface area (Å²) in [7, 11) is 1.37. The number of aromatic nitrogens is 1. The van der Waals surface area contributed by atoms with Gasteiger partial charge in [-0.05, 0) is 35.3 Å². The molecule has 1 N–H and O–H groups in total. The molecule has 1 aromatic carbocycles. The quantitative estimate of drug-likeness (QED) is 0.557. The van der Waals surface area contributed by atoms with Gasteiger partial charge in [0.05, 0.1) is 12.0 Å². The van der Waals surface area contributed by atoms with E-state index in [0.717, 1.165) is 20.9 Å². The smallest absolute Gasteiger partial charge is 0.373 e. The molecule has 0 unspecified atom stereocenters. The Morgan fingerprint density at radius 3 is 2.46 bits per heavy atom. The van der Waals surface area contributed by atoms with Crippen LogP contribution in [0.15, 0.2) is 42.3 Å². The molecular formula is C18H18N2O4S2. The van der Waals surface area contributed by atoms with Crippen LogP contribution in [0.5, 0.6) is 0 Å². The van der Waals surface area contributed by atoms with Crippen molar-refractivity contribution < 1.29 is 19.1 Å². The molecule has 6 nitrogen and oxygen atoms in total. The van der Waals surface area contributed by atoms with Crippen LogP contribution in [-0.4, -0.2) is 29.6 Å². The van der Waals surface area contributed by atoms with E-state index < -0.39 is 6.04 Å². The minimum Gasteiger partial charge on any atom is -0.467 e. The number of nitrogens with zero attached hydrogens (tertiary/aromatic N) is 1. The standard InChI is InChI=1S/C17H18N2O2S2.CO2/c1-4-13-15(5-2)23-19-16(13)18-14(17(20)21-3)10-11-6-8-12(22)9-7-11;2-1-3/h4-9,14,22H,1-2,10H2,3H3,(H,18,19);/t14-;/m0./s1. The van der Waals surface area contributed by atoms with Crippen molar-refractivity contribution in [2.75, 3.05) is 12.4 Å². The van der Waals surface area contributed by atoms with E-state index in [1.54, 1.807) is 12.2 Å². The second kappa shape index (κ2) is 11.0. The minimum atomic E-state index is -0.538. The zero-order valence-corrected chi connectivity index (χ0v) is 15.8. The van der Waals surface area contributed by atoms with Crippen LogP contribution in [0.3, 0.4) is 0 Å². The summed E-state index contributed by atoms with van der Waals surface area (Å²) in [6.07, 6.45) is 4.16. The van der Waals surface area contributed by atoms with Crippen LogP contribution >= 0.6 is 24.2 Å². The molecule has 0 aliphatic rings. The first-order valence-electron chi connectivity index (χ1n) is 7.36. The van der Waals surface area contributed by atoms with Crippen LogP contribution in [-0.2, 0) is 25.5 Å². The lowest BCUT2D eigenvalue weighted by atomic mass is 10.1. The highest BCUT2D eigenvalue weighted by Crippen LogP contribution is 2.26. The van der Waals surface area contributed by atoms with Gasteiger partial charge in [-0.1, -0.05) is 31.4 Å². The first-order valence-corrected chi connectivity index (χ1v) is 8.58. The SMILES string of the molecule is C=Cc1snc(N[C@@H](Cc2ccc(S)cc2)C(=O)OC)c1C=C.O=C=O. The average Bonchev–Trinajstić information content (AvgIpc) is 3.04. The maximum atomic E-state index is 12.1. The Kier molecular flexibility index (Phi) is 9.08. The Morgan fingerprint density at radius 1 is 1.35 bits per heavy atom. The van der Waals surface area contributed by atoms with Crippen LogP contribution in [0.1, 0.15) is 16.0 Å². The summed E-state index contributed by atoms with van der Waals surface area (Å²) < 4.78 is 9.24. The van der Waals surface area contributed by atoms with E-state index in [1.165, 1.54) is 18.6 Å². The molecule has 0 bridgehead atoms. The lowest BCUT2D eigenvalue weighted by molar-refractivity contribution is -0.191. The zero-order chi connectivity index (χ0) is 19.5. The summed E-state index contributed by atoms with van der Waals surface area (Å²) in [5.74, 6) is 0.268. The van der Waals surface area contributed by atoms with E-state index in [-0.39, 0.29) is 12.1 Å². The van der Waals surface area contributed by atoms with E-state index in [0.29, 0.717) is 12.2 Å². The normalized spacial score (nSPS) is 10.5. The molecule has 0 saturated carbocycles. The van der Waals surface area contributed by atoms with Gasteiger partial charge in [0.25, 0.3) is 0 Å². The number of rotatable bonds is 7. The number of nitrogens with one attached hydrogen (secondary N) is 1. The van der Waals surface area contributed by atoms with E-state index in [2.05, 4.69) is 35.5 Å². The molecule has 26 heavy (non-hydrogen) atoms. The third kappa shape index (κ3) is 6.00. The molecule has 0 aliphatic carbocycles. The molecule has 2 aromatic rings. The Hall–Kier alpha value is -2.67. The van der Waals surface area contributed by atoms with Gasteiger partial charge in [-0.25, -0.2) is 4.79 Å². The topological polar surface area (TPSA) is 85.4 Å². The van der Waals surface area contributed by atoms with E-state index in [1.807, 2.05) is 24.3 Å². The van der Waals surface area contributed by atoms with Crippen LogP contribution in [0, 0.1) is 0 Å². The minimum absolute atomic E-state index is 0.250. The van der Waals surface area contributed by atoms with Gasteiger partial charge in [-0.15, -0.1) is 12.6 Å². The van der Waals surface area contributed by atoms with Gasteiger partial charge in [0.2, 0.25) is 0 Å². The number of ether oxygens (including phenoxy) is 1. The largest absolute Gasteiger partial charge is 0.467 e. The van der Waals surface area contributed by atoms with Gasteiger partial charge in [0.15, 0.2) is 0 Å². The van der Waals surface area contributed by atoms with Crippen LogP contribution in [0.4, 0.5) is 5.82 Å². The summed E-state index contributed by atoms with van der Waals surface area (Å²) in [5.41, 5.74) is 1.84. The fraction of sp³-hybridized carbons (Fsp3) is 0.167. The third-order valence-corrected chi connectivity index (χ3v) is 4.47. The number of methoxy groups -OCH3 is 1. The number of hydrogen-bond donors (Lipinski definition) is 2. The summed E-state index contributed by atoms with van der Waals surface area (Å²) in [5, 5.41) is 3.15. The Labute approximate surface area is 161 Å². The van der Waals surface area contributed by atoms with Gasteiger partial charge in [0, 0.05) is 16.9 Å². The number of carbonyl (C=O) groups excluding carboxylic acids is 3. The fourth-order valence-electron chi connectivity index (χ4n) is 2.13. The van der Waals surface area contributed by atoms with E-state index in [4.69, 9.17) is 14.3 Å².